The van der Waals surface area contributed by atoms with Crippen LogP contribution in [0.5, 0.6) is 0 Å². The molecule has 0 bridgehead atoms. The van der Waals surface area contributed by atoms with Crippen molar-refractivity contribution in [3.05, 3.63) is 19.8 Å². The molecule has 82 valence electrons. The Morgan fingerprint density at radius 1 is 1.47 bits per heavy atom. The molecule has 0 amide bonds. The first-order valence-electron chi connectivity index (χ1n) is 4.14. The van der Waals surface area contributed by atoms with Crippen LogP contribution in [-0.4, -0.2) is 25.2 Å². The zero-order chi connectivity index (χ0) is 11.2. The minimum absolute atomic E-state index is 0.0289. The minimum Gasteiger partial charge on any atom is -0.478 e. The second-order valence-electron chi connectivity index (χ2n) is 3.30. The third-order valence-electron chi connectivity index (χ3n) is 2.28. The number of carboxylic acids is 1. The summed E-state index contributed by atoms with van der Waals surface area (Å²) in [5.41, 5.74) is 0.902. The van der Waals surface area contributed by atoms with Crippen LogP contribution in [-0.2, 0) is 22.0 Å². The van der Waals surface area contributed by atoms with Gasteiger partial charge in [-0.25, -0.2) is 13.2 Å². The van der Waals surface area contributed by atoms with Crippen LogP contribution in [0.25, 0.3) is 0 Å². The molecule has 2 rings (SSSR count). The molecule has 2 heterocycles. The number of carboxylic acid groups (broad SMARTS) is 1. The van der Waals surface area contributed by atoms with Crippen LogP contribution in [0.4, 0.5) is 0 Å². The number of hydrogen-bond donors (Lipinski definition) is 1. The van der Waals surface area contributed by atoms with Crippen molar-refractivity contribution >= 4 is 43.1 Å². The summed E-state index contributed by atoms with van der Waals surface area (Å²) in [7, 11) is -3.03. The predicted octanol–water partition coefficient (Wildman–Crippen LogP) is 1.68. The maximum absolute atomic E-state index is 11.3. The van der Waals surface area contributed by atoms with Gasteiger partial charge in [0, 0.05) is 4.88 Å². The lowest BCUT2D eigenvalue weighted by molar-refractivity contribution is 0.0695. The number of hydrogen-bond acceptors (Lipinski definition) is 4. The third-order valence-corrected chi connectivity index (χ3v) is 5.92. The summed E-state index contributed by atoms with van der Waals surface area (Å²) >= 11 is 4.36. The maximum Gasteiger partial charge on any atom is 0.338 e. The highest BCUT2D eigenvalue weighted by Gasteiger charge is 2.29. The molecule has 0 saturated heterocycles. The molecule has 7 heteroatoms. The molecule has 1 aliphatic heterocycles. The Balaban J connectivity index is 2.58. The molecule has 1 N–H and O–H groups in total. The van der Waals surface area contributed by atoms with Crippen LogP contribution in [0.1, 0.15) is 20.8 Å². The summed E-state index contributed by atoms with van der Waals surface area (Å²) in [6.07, 6.45) is 0.307. The summed E-state index contributed by atoms with van der Waals surface area (Å²) in [5.74, 6) is -0.985. The highest BCUT2D eigenvalue weighted by molar-refractivity contribution is 9.11. The van der Waals surface area contributed by atoms with E-state index in [9.17, 15) is 13.2 Å². The number of fused-ring (bicyclic) bond motifs is 1. The largest absolute Gasteiger partial charge is 0.478 e. The Bertz CT molecular complexity index is 529. The number of carbonyl (C=O) groups is 1. The van der Waals surface area contributed by atoms with Crippen LogP contribution in [0.3, 0.4) is 0 Å². The first-order chi connectivity index (χ1) is 6.91. The van der Waals surface area contributed by atoms with Crippen molar-refractivity contribution in [2.24, 2.45) is 0 Å². The fraction of sp³-hybridized carbons (Fsp3) is 0.375. The van der Waals surface area contributed by atoms with Gasteiger partial charge < -0.3 is 5.11 Å². The van der Waals surface area contributed by atoms with Gasteiger partial charge in [-0.3, -0.25) is 0 Å². The minimum atomic E-state index is -3.03. The van der Waals surface area contributed by atoms with Crippen molar-refractivity contribution < 1.29 is 18.3 Å². The molecule has 1 aliphatic rings. The molecule has 0 atom stereocenters. The molecule has 0 fully saturated rings. The summed E-state index contributed by atoms with van der Waals surface area (Å²) in [4.78, 5) is 11.6. The lowest BCUT2D eigenvalue weighted by atomic mass is 10.1. The van der Waals surface area contributed by atoms with Crippen molar-refractivity contribution in [2.75, 3.05) is 5.75 Å². The Morgan fingerprint density at radius 2 is 2.13 bits per heavy atom. The van der Waals surface area contributed by atoms with Gasteiger partial charge in [0.05, 0.1) is 20.9 Å². The van der Waals surface area contributed by atoms with E-state index >= 15 is 0 Å². The average Bonchev–Trinajstić information content (AvgIpc) is 2.37. The normalized spacial score (nSPS) is 18.5. The lowest BCUT2D eigenvalue weighted by Gasteiger charge is -2.12. The van der Waals surface area contributed by atoms with E-state index in [1.54, 1.807) is 0 Å². The number of sulfone groups is 1. The van der Waals surface area contributed by atoms with Gasteiger partial charge in [-0.15, -0.1) is 11.3 Å². The molecule has 0 aliphatic carbocycles. The second-order valence-corrected chi connectivity index (χ2v) is 7.91. The molecular formula is C8H7BrO4S2. The summed E-state index contributed by atoms with van der Waals surface area (Å²) < 4.78 is 23.2. The van der Waals surface area contributed by atoms with Gasteiger partial charge >= 0.3 is 5.97 Å². The van der Waals surface area contributed by atoms with Crippen LogP contribution < -0.4 is 0 Å². The second kappa shape index (κ2) is 3.57. The van der Waals surface area contributed by atoms with Gasteiger partial charge in [0.1, 0.15) is 0 Å². The lowest BCUT2D eigenvalue weighted by Crippen LogP contribution is -2.18. The molecular weight excluding hydrogens is 304 g/mol. The van der Waals surface area contributed by atoms with Gasteiger partial charge in [0.2, 0.25) is 0 Å². The van der Waals surface area contributed by atoms with E-state index in [4.69, 9.17) is 5.11 Å². The van der Waals surface area contributed by atoms with E-state index in [0.717, 1.165) is 0 Å². The third kappa shape index (κ3) is 1.95. The van der Waals surface area contributed by atoms with Gasteiger partial charge in [-0.05, 0) is 27.9 Å². The van der Waals surface area contributed by atoms with E-state index in [0.29, 0.717) is 20.6 Å². The zero-order valence-electron chi connectivity index (χ0n) is 7.49. The van der Waals surface area contributed by atoms with E-state index in [-0.39, 0.29) is 17.1 Å². The predicted molar refractivity (Wildman–Crippen MR) is 60.2 cm³/mol. The van der Waals surface area contributed by atoms with Gasteiger partial charge in [0.15, 0.2) is 9.84 Å². The Kier molecular flexibility index (Phi) is 2.64. The van der Waals surface area contributed by atoms with Crippen LogP contribution in [0, 0.1) is 0 Å². The summed E-state index contributed by atoms with van der Waals surface area (Å²) in [6.45, 7) is 0. The quantitative estimate of drug-likeness (QED) is 0.856. The molecule has 1 aromatic heterocycles. The fourth-order valence-corrected chi connectivity index (χ4v) is 5.46. The molecule has 0 unspecified atom stereocenters. The van der Waals surface area contributed by atoms with Gasteiger partial charge in [-0.2, -0.15) is 0 Å². The smallest absolute Gasteiger partial charge is 0.338 e. The van der Waals surface area contributed by atoms with Crippen LogP contribution in [0.2, 0.25) is 0 Å². The number of rotatable bonds is 1. The van der Waals surface area contributed by atoms with Crippen LogP contribution in [0.15, 0.2) is 3.79 Å². The van der Waals surface area contributed by atoms with Gasteiger partial charge in [0.25, 0.3) is 0 Å². The Morgan fingerprint density at radius 3 is 2.73 bits per heavy atom. The molecule has 0 aromatic carbocycles. The molecule has 1 aromatic rings. The average molecular weight is 311 g/mol. The summed E-state index contributed by atoms with van der Waals surface area (Å²) in [5, 5.41) is 8.97. The van der Waals surface area contributed by atoms with Crippen molar-refractivity contribution in [1.29, 1.82) is 0 Å². The van der Waals surface area contributed by atoms with Crippen molar-refractivity contribution in [3.8, 4) is 0 Å². The first kappa shape index (κ1) is 11.1. The standard InChI is InChI=1S/C8H7BrO4S2/c9-7-6(8(10)11)4-1-2-15(12,13)3-5(4)14-7/h1-3H2,(H,10,11). The van der Waals surface area contributed by atoms with E-state index < -0.39 is 15.8 Å². The van der Waals surface area contributed by atoms with Gasteiger partial charge in [-0.1, -0.05) is 0 Å². The number of thiophene rings is 1. The number of aromatic carboxylic acids is 1. The molecule has 0 saturated carbocycles. The van der Waals surface area contributed by atoms with Crippen LogP contribution >= 0.6 is 27.3 Å². The monoisotopic (exact) mass is 310 g/mol. The van der Waals surface area contributed by atoms with E-state index in [1.807, 2.05) is 0 Å². The number of halogens is 1. The molecule has 0 spiro atoms. The molecule has 4 nitrogen and oxygen atoms in total. The van der Waals surface area contributed by atoms with E-state index in [2.05, 4.69) is 15.9 Å². The van der Waals surface area contributed by atoms with Crippen molar-refractivity contribution in [3.63, 3.8) is 0 Å². The van der Waals surface area contributed by atoms with Crippen molar-refractivity contribution in [1.82, 2.24) is 0 Å². The van der Waals surface area contributed by atoms with Crippen molar-refractivity contribution in [2.45, 2.75) is 12.2 Å². The first-order valence-corrected chi connectivity index (χ1v) is 7.57. The SMILES string of the molecule is O=C(O)c1c(Br)sc2c1CCS(=O)(=O)C2. The highest BCUT2D eigenvalue weighted by Crippen LogP contribution is 2.37. The Hall–Kier alpha value is -0.400. The highest BCUT2D eigenvalue weighted by atomic mass is 79.9. The fourth-order valence-electron chi connectivity index (χ4n) is 1.60. The maximum atomic E-state index is 11.3. The zero-order valence-corrected chi connectivity index (χ0v) is 10.7. The topological polar surface area (TPSA) is 71.4 Å². The summed E-state index contributed by atoms with van der Waals surface area (Å²) in [6, 6.07) is 0. The Labute approximate surface area is 99.0 Å². The molecule has 15 heavy (non-hydrogen) atoms. The molecule has 0 radical (unpaired) electrons. The van der Waals surface area contributed by atoms with E-state index in [1.165, 1.54) is 11.3 Å².